The van der Waals surface area contributed by atoms with Crippen LogP contribution in [0.15, 0.2) is 60.7 Å². The fourth-order valence-corrected chi connectivity index (χ4v) is 1.95. The molecule has 0 saturated heterocycles. The van der Waals surface area contributed by atoms with Crippen LogP contribution in [0.3, 0.4) is 0 Å². The summed E-state index contributed by atoms with van der Waals surface area (Å²) in [5, 5.41) is 9.20. The molecule has 1 N–H and O–H groups in total. The molecule has 0 fully saturated rings. The summed E-state index contributed by atoms with van der Waals surface area (Å²) in [5.74, 6) is -3.07. The molecule has 0 aliphatic rings. The first-order valence-corrected chi connectivity index (χ1v) is 8.05. The van der Waals surface area contributed by atoms with Gasteiger partial charge in [-0.15, -0.1) is 0 Å². The van der Waals surface area contributed by atoms with Crippen molar-refractivity contribution in [1.29, 1.82) is 0 Å². The maximum atomic E-state index is 12.0. The Morgan fingerprint density at radius 3 is 1.83 bits per heavy atom. The van der Waals surface area contributed by atoms with Gasteiger partial charge in [0.05, 0.1) is 0 Å². The van der Waals surface area contributed by atoms with Crippen LogP contribution in [-0.2, 0) is 27.4 Å². The molecular formula is C20H24O4. The number of carbonyl (C=O) groups excluding carboxylic acids is 1. The fourth-order valence-electron chi connectivity index (χ4n) is 1.95. The van der Waals surface area contributed by atoms with Crippen molar-refractivity contribution in [2.75, 3.05) is 0 Å². The minimum absolute atomic E-state index is 0.0816. The predicted octanol–water partition coefficient (Wildman–Crippen LogP) is 4.09. The normalized spacial score (nSPS) is 10.9. The lowest BCUT2D eigenvalue weighted by molar-refractivity contribution is -0.159. The third-order valence-corrected chi connectivity index (χ3v) is 3.09. The van der Waals surface area contributed by atoms with Gasteiger partial charge >= 0.3 is 11.9 Å². The molecule has 0 heterocycles. The molecule has 4 nitrogen and oxygen atoms in total. The molecule has 0 aliphatic carbocycles. The lowest BCUT2D eigenvalue weighted by Gasteiger charge is -2.12. The summed E-state index contributed by atoms with van der Waals surface area (Å²) in [6.45, 7) is 4.33. The van der Waals surface area contributed by atoms with Crippen LogP contribution in [0, 0.1) is 5.92 Å². The summed E-state index contributed by atoms with van der Waals surface area (Å²) in [6, 6.07) is 18.2. The standard InChI is InChI=1S/C17H16O4.C3H8/c18-16(19)15(11-13-7-3-1-4-8-13)17(20)21-12-14-9-5-2-6-10-14;1-3-2/h1-10,15H,11-12H2,(H,18,19);3H2,1-2H3. The summed E-state index contributed by atoms with van der Waals surface area (Å²) < 4.78 is 5.10. The Hall–Kier alpha value is -2.62. The number of carboxylic acid groups (broad SMARTS) is 1. The SMILES string of the molecule is CCC.O=C(O)C(Cc1ccccc1)C(=O)OCc1ccccc1. The number of hydrogen-bond donors (Lipinski definition) is 1. The molecule has 0 aliphatic heterocycles. The molecule has 0 spiro atoms. The molecule has 2 rings (SSSR count). The van der Waals surface area contributed by atoms with Crippen molar-refractivity contribution in [3.63, 3.8) is 0 Å². The molecule has 0 aromatic heterocycles. The first-order valence-electron chi connectivity index (χ1n) is 8.05. The molecule has 0 bridgehead atoms. The lowest BCUT2D eigenvalue weighted by Crippen LogP contribution is -2.27. The van der Waals surface area contributed by atoms with E-state index in [9.17, 15) is 14.7 Å². The highest BCUT2D eigenvalue weighted by atomic mass is 16.5. The number of rotatable bonds is 6. The van der Waals surface area contributed by atoms with E-state index in [2.05, 4.69) is 13.8 Å². The van der Waals surface area contributed by atoms with Gasteiger partial charge in [0.15, 0.2) is 5.92 Å². The second kappa shape index (κ2) is 11.0. The van der Waals surface area contributed by atoms with E-state index in [0.717, 1.165) is 11.1 Å². The van der Waals surface area contributed by atoms with E-state index in [-0.39, 0.29) is 13.0 Å². The van der Waals surface area contributed by atoms with Crippen molar-refractivity contribution < 1.29 is 19.4 Å². The Morgan fingerprint density at radius 1 is 0.917 bits per heavy atom. The van der Waals surface area contributed by atoms with Crippen LogP contribution < -0.4 is 0 Å². The summed E-state index contributed by atoms with van der Waals surface area (Å²) in [6.07, 6.45) is 1.38. The Labute approximate surface area is 143 Å². The van der Waals surface area contributed by atoms with Gasteiger partial charge in [-0.3, -0.25) is 9.59 Å². The van der Waals surface area contributed by atoms with Gasteiger partial charge in [-0.2, -0.15) is 0 Å². The van der Waals surface area contributed by atoms with Crippen LogP contribution in [0.4, 0.5) is 0 Å². The van der Waals surface area contributed by atoms with Crippen LogP contribution in [0.25, 0.3) is 0 Å². The number of esters is 1. The van der Waals surface area contributed by atoms with E-state index in [0.29, 0.717) is 0 Å². The number of aliphatic carboxylic acids is 1. The topological polar surface area (TPSA) is 63.6 Å². The second-order valence-corrected chi connectivity index (χ2v) is 5.38. The number of carboxylic acids is 1. The van der Waals surface area contributed by atoms with E-state index in [1.54, 1.807) is 12.1 Å². The minimum atomic E-state index is -1.18. The van der Waals surface area contributed by atoms with Crippen molar-refractivity contribution in [2.24, 2.45) is 5.92 Å². The first kappa shape index (κ1) is 19.4. The smallest absolute Gasteiger partial charge is 0.320 e. The number of carbonyl (C=O) groups is 2. The predicted molar refractivity (Wildman–Crippen MR) is 93.5 cm³/mol. The van der Waals surface area contributed by atoms with Crippen LogP contribution in [0.2, 0.25) is 0 Å². The van der Waals surface area contributed by atoms with Gasteiger partial charge in [0.2, 0.25) is 0 Å². The average Bonchev–Trinajstić information content (AvgIpc) is 2.60. The zero-order chi connectivity index (χ0) is 17.8. The number of ether oxygens (including phenoxy) is 1. The van der Waals surface area contributed by atoms with E-state index in [1.807, 2.05) is 48.5 Å². The van der Waals surface area contributed by atoms with Crippen molar-refractivity contribution in [1.82, 2.24) is 0 Å². The van der Waals surface area contributed by atoms with Crippen LogP contribution in [0.1, 0.15) is 31.4 Å². The van der Waals surface area contributed by atoms with Gasteiger partial charge in [-0.25, -0.2) is 0 Å². The maximum absolute atomic E-state index is 12.0. The lowest BCUT2D eigenvalue weighted by atomic mass is 10.00. The third-order valence-electron chi connectivity index (χ3n) is 3.09. The highest BCUT2D eigenvalue weighted by Crippen LogP contribution is 2.12. The van der Waals surface area contributed by atoms with Gasteiger partial charge in [-0.05, 0) is 17.5 Å². The summed E-state index contributed by atoms with van der Waals surface area (Å²) in [7, 11) is 0. The van der Waals surface area contributed by atoms with Crippen LogP contribution >= 0.6 is 0 Å². The van der Waals surface area contributed by atoms with Crippen molar-refractivity contribution >= 4 is 11.9 Å². The summed E-state index contributed by atoms with van der Waals surface area (Å²) in [4.78, 5) is 23.2. The quantitative estimate of drug-likeness (QED) is 0.641. The zero-order valence-electron chi connectivity index (χ0n) is 14.1. The molecule has 128 valence electrons. The Balaban J connectivity index is 0.000000891. The summed E-state index contributed by atoms with van der Waals surface area (Å²) in [5.41, 5.74) is 1.62. The highest BCUT2D eigenvalue weighted by Gasteiger charge is 2.28. The van der Waals surface area contributed by atoms with Crippen LogP contribution in [0.5, 0.6) is 0 Å². The van der Waals surface area contributed by atoms with E-state index >= 15 is 0 Å². The van der Waals surface area contributed by atoms with Gasteiger partial charge < -0.3 is 9.84 Å². The second-order valence-electron chi connectivity index (χ2n) is 5.38. The van der Waals surface area contributed by atoms with E-state index in [1.165, 1.54) is 6.42 Å². The average molecular weight is 328 g/mol. The zero-order valence-corrected chi connectivity index (χ0v) is 14.1. The van der Waals surface area contributed by atoms with E-state index in [4.69, 9.17) is 4.74 Å². The summed E-state index contributed by atoms with van der Waals surface area (Å²) >= 11 is 0. The monoisotopic (exact) mass is 328 g/mol. The van der Waals surface area contributed by atoms with Gasteiger partial charge in [0.25, 0.3) is 0 Å². The largest absolute Gasteiger partial charge is 0.481 e. The molecule has 0 saturated carbocycles. The molecule has 2 aromatic carbocycles. The van der Waals surface area contributed by atoms with Crippen molar-refractivity contribution in [3.8, 4) is 0 Å². The van der Waals surface area contributed by atoms with Gasteiger partial charge in [0, 0.05) is 0 Å². The third kappa shape index (κ3) is 7.09. The molecule has 2 aromatic rings. The highest BCUT2D eigenvalue weighted by molar-refractivity contribution is 5.94. The minimum Gasteiger partial charge on any atom is -0.481 e. The van der Waals surface area contributed by atoms with Gasteiger partial charge in [-0.1, -0.05) is 80.9 Å². The Kier molecular flexibility index (Phi) is 8.90. The maximum Gasteiger partial charge on any atom is 0.320 e. The van der Waals surface area contributed by atoms with Crippen LogP contribution in [-0.4, -0.2) is 17.0 Å². The van der Waals surface area contributed by atoms with Crippen molar-refractivity contribution in [2.45, 2.75) is 33.3 Å². The van der Waals surface area contributed by atoms with Crippen molar-refractivity contribution in [3.05, 3.63) is 71.8 Å². The Morgan fingerprint density at radius 2 is 1.38 bits per heavy atom. The Bertz CT molecular complexity index is 608. The first-order chi connectivity index (χ1) is 11.6. The van der Waals surface area contributed by atoms with Gasteiger partial charge in [0.1, 0.15) is 6.61 Å². The molecule has 4 heteroatoms. The number of hydrogen-bond acceptors (Lipinski definition) is 3. The fraction of sp³-hybridized carbons (Fsp3) is 0.300. The van der Waals surface area contributed by atoms with E-state index < -0.39 is 17.9 Å². The molecule has 1 unspecified atom stereocenters. The molecule has 24 heavy (non-hydrogen) atoms. The molecule has 0 amide bonds. The number of benzene rings is 2. The molecule has 0 radical (unpaired) electrons. The molecule has 1 atom stereocenters. The molecular weight excluding hydrogens is 304 g/mol.